The van der Waals surface area contributed by atoms with E-state index in [9.17, 15) is 13.6 Å². The monoisotopic (exact) mass is 310 g/mol. The first kappa shape index (κ1) is 15.6. The summed E-state index contributed by atoms with van der Waals surface area (Å²) < 4.78 is 29.2. The lowest BCUT2D eigenvalue weighted by Gasteiger charge is -2.15. The van der Waals surface area contributed by atoms with Crippen LogP contribution >= 0.6 is 11.3 Å². The molecule has 0 fully saturated rings. The van der Waals surface area contributed by atoms with E-state index in [4.69, 9.17) is 0 Å². The molecular formula is C16H16F2O2S. The van der Waals surface area contributed by atoms with Gasteiger partial charge in [-0.15, -0.1) is 11.3 Å². The molecule has 0 spiro atoms. The second kappa shape index (κ2) is 5.93. The zero-order chi connectivity index (χ0) is 15.6. The Kier molecular flexibility index (Phi) is 4.42. The lowest BCUT2D eigenvalue weighted by atomic mass is 9.95. The van der Waals surface area contributed by atoms with Gasteiger partial charge in [0.25, 0.3) is 0 Å². The molecule has 2 rings (SSSR count). The minimum absolute atomic E-state index is 0.0534. The molecule has 0 aliphatic heterocycles. The van der Waals surface area contributed by atoms with Gasteiger partial charge in [0, 0.05) is 4.88 Å². The van der Waals surface area contributed by atoms with Crippen LogP contribution in [0.25, 0.3) is 0 Å². The molecule has 0 atom stereocenters. The first-order chi connectivity index (χ1) is 9.79. The molecule has 2 aromatic rings. The summed E-state index contributed by atoms with van der Waals surface area (Å²) in [7, 11) is 0. The standard InChI is InChI=1S/C16H16F2O2S/c1-16(2,3)13-9-8-12(21-13)14(19)10-6-4-5-7-11(10)20-15(17)18/h4-9,15H,1-3H3. The zero-order valence-corrected chi connectivity index (χ0v) is 12.8. The number of carbonyl (C=O) groups is 1. The van der Waals surface area contributed by atoms with Crippen molar-refractivity contribution >= 4 is 17.1 Å². The van der Waals surface area contributed by atoms with Crippen molar-refractivity contribution in [3.8, 4) is 5.75 Å². The molecular weight excluding hydrogens is 294 g/mol. The third-order valence-corrected chi connectivity index (χ3v) is 4.43. The van der Waals surface area contributed by atoms with Crippen molar-refractivity contribution in [3.63, 3.8) is 0 Å². The minimum atomic E-state index is -2.95. The Bertz CT molecular complexity index is 642. The van der Waals surface area contributed by atoms with Crippen LogP contribution in [-0.2, 0) is 5.41 Å². The minimum Gasteiger partial charge on any atom is -0.434 e. The molecule has 0 radical (unpaired) electrons. The Morgan fingerprint density at radius 3 is 2.38 bits per heavy atom. The number of thiophene rings is 1. The largest absolute Gasteiger partial charge is 0.434 e. The van der Waals surface area contributed by atoms with Crippen LogP contribution in [0.4, 0.5) is 8.78 Å². The van der Waals surface area contributed by atoms with Crippen molar-refractivity contribution in [2.45, 2.75) is 32.8 Å². The van der Waals surface area contributed by atoms with Crippen LogP contribution in [0.15, 0.2) is 36.4 Å². The van der Waals surface area contributed by atoms with Gasteiger partial charge in [-0.3, -0.25) is 4.79 Å². The Balaban J connectivity index is 2.34. The SMILES string of the molecule is CC(C)(C)c1ccc(C(=O)c2ccccc2OC(F)F)s1. The molecule has 0 saturated heterocycles. The average molecular weight is 310 g/mol. The summed E-state index contributed by atoms with van der Waals surface area (Å²) in [4.78, 5) is 14.1. The summed E-state index contributed by atoms with van der Waals surface area (Å²) >= 11 is 1.38. The third-order valence-electron chi connectivity index (χ3n) is 2.92. The second-order valence-electron chi connectivity index (χ2n) is 5.62. The maximum absolute atomic E-state index is 12.5. The fraction of sp³-hybridized carbons (Fsp3) is 0.312. The highest BCUT2D eigenvalue weighted by atomic mass is 32.1. The number of hydrogen-bond donors (Lipinski definition) is 0. The molecule has 0 aliphatic rings. The van der Waals surface area contributed by atoms with Crippen molar-refractivity contribution in [1.82, 2.24) is 0 Å². The van der Waals surface area contributed by atoms with Gasteiger partial charge in [-0.2, -0.15) is 8.78 Å². The molecule has 1 heterocycles. The molecule has 21 heavy (non-hydrogen) atoms. The molecule has 0 aliphatic carbocycles. The van der Waals surface area contributed by atoms with Crippen LogP contribution in [0, 0.1) is 0 Å². The lowest BCUT2D eigenvalue weighted by molar-refractivity contribution is -0.0501. The Morgan fingerprint density at radius 2 is 1.81 bits per heavy atom. The maximum atomic E-state index is 12.5. The normalized spacial score (nSPS) is 11.7. The van der Waals surface area contributed by atoms with Crippen molar-refractivity contribution in [1.29, 1.82) is 0 Å². The van der Waals surface area contributed by atoms with Crippen LogP contribution in [0.2, 0.25) is 0 Å². The van der Waals surface area contributed by atoms with E-state index in [2.05, 4.69) is 25.5 Å². The van der Waals surface area contributed by atoms with Gasteiger partial charge in [0.15, 0.2) is 0 Å². The summed E-state index contributed by atoms with van der Waals surface area (Å²) in [5.41, 5.74) is 0.0995. The Hall–Kier alpha value is -1.75. The molecule has 0 unspecified atom stereocenters. The van der Waals surface area contributed by atoms with Gasteiger partial charge < -0.3 is 4.74 Å². The zero-order valence-electron chi connectivity index (χ0n) is 12.0. The first-order valence-electron chi connectivity index (χ1n) is 6.48. The summed E-state index contributed by atoms with van der Waals surface area (Å²) in [5, 5.41) is 0. The number of benzene rings is 1. The first-order valence-corrected chi connectivity index (χ1v) is 7.29. The van der Waals surface area contributed by atoms with E-state index in [0.717, 1.165) is 4.88 Å². The molecule has 0 N–H and O–H groups in total. The van der Waals surface area contributed by atoms with E-state index >= 15 is 0 Å². The van der Waals surface area contributed by atoms with Crippen LogP contribution in [-0.4, -0.2) is 12.4 Å². The van der Waals surface area contributed by atoms with Gasteiger partial charge in [0.1, 0.15) is 5.75 Å². The van der Waals surface area contributed by atoms with Gasteiger partial charge in [-0.25, -0.2) is 0 Å². The number of alkyl halides is 2. The molecule has 0 saturated carbocycles. The van der Waals surface area contributed by atoms with Gasteiger partial charge in [-0.1, -0.05) is 32.9 Å². The molecule has 0 amide bonds. The van der Waals surface area contributed by atoms with Crippen molar-refractivity contribution in [2.24, 2.45) is 0 Å². The molecule has 1 aromatic heterocycles. The number of halogens is 2. The molecule has 0 bridgehead atoms. The molecule has 2 nitrogen and oxygen atoms in total. The van der Waals surface area contributed by atoms with Crippen LogP contribution in [0.5, 0.6) is 5.75 Å². The van der Waals surface area contributed by atoms with E-state index in [1.165, 1.54) is 23.5 Å². The second-order valence-corrected chi connectivity index (χ2v) is 6.70. The topological polar surface area (TPSA) is 26.3 Å². The number of hydrogen-bond acceptors (Lipinski definition) is 3. The molecule has 112 valence electrons. The maximum Gasteiger partial charge on any atom is 0.387 e. The number of carbonyl (C=O) groups excluding carboxylic acids is 1. The van der Waals surface area contributed by atoms with Crippen LogP contribution in [0.3, 0.4) is 0 Å². The number of para-hydroxylation sites is 1. The van der Waals surface area contributed by atoms with Crippen molar-refractivity contribution in [2.75, 3.05) is 0 Å². The quantitative estimate of drug-likeness (QED) is 0.752. The highest BCUT2D eigenvalue weighted by molar-refractivity contribution is 7.14. The Labute approximate surface area is 126 Å². The summed E-state index contributed by atoms with van der Waals surface area (Å²) in [6, 6.07) is 9.68. The third kappa shape index (κ3) is 3.67. The van der Waals surface area contributed by atoms with Crippen molar-refractivity contribution in [3.05, 3.63) is 51.7 Å². The predicted octanol–water partition coefficient (Wildman–Crippen LogP) is 4.88. The summed E-state index contributed by atoms with van der Waals surface area (Å²) in [5.74, 6) is -0.394. The van der Waals surface area contributed by atoms with Gasteiger partial charge >= 0.3 is 6.61 Å². The smallest absolute Gasteiger partial charge is 0.387 e. The number of rotatable bonds is 4. The molecule has 1 aromatic carbocycles. The highest BCUT2D eigenvalue weighted by Crippen LogP contribution is 2.32. The summed E-state index contributed by atoms with van der Waals surface area (Å²) in [6.45, 7) is 3.22. The highest BCUT2D eigenvalue weighted by Gasteiger charge is 2.21. The fourth-order valence-electron chi connectivity index (χ4n) is 1.85. The van der Waals surface area contributed by atoms with Gasteiger partial charge in [0.05, 0.1) is 10.4 Å². The van der Waals surface area contributed by atoms with Gasteiger partial charge in [0.2, 0.25) is 5.78 Å². The van der Waals surface area contributed by atoms with Gasteiger partial charge in [-0.05, 0) is 29.7 Å². The average Bonchev–Trinajstić information content (AvgIpc) is 2.87. The predicted molar refractivity (Wildman–Crippen MR) is 79.5 cm³/mol. The van der Waals surface area contributed by atoms with Crippen molar-refractivity contribution < 1.29 is 18.3 Å². The number of ether oxygens (including phenoxy) is 1. The van der Waals surface area contributed by atoms with E-state index in [-0.39, 0.29) is 22.5 Å². The molecule has 5 heteroatoms. The van der Waals surface area contributed by atoms with Crippen LogP contribution < -0.4 is 4.74 Å². The van der Waals surface area contributed by atoms with E-state index in [1.54, 1.807) is 18.2 Å². The Morgan fingerprint density at radius 1 is 1.14 bits per heavy atom. The fourth-order valence-corrected chi connectivity index (χ4v) is 2.87. The number of ketones is 1. The van der Waals surface area contributed by atoms with Crippen LogP contribution in [0.1, 0.15) is 40.9 Å². The van der Waals surface area contributed by atoms with E-state index in [0.29, 0.717) is 4.88 Å². The summed E-state index contributed by atoms with van der Waals surface area (Å²) in [6.07, 6.45) is 0. The van der Waals surface area contributed by atoms with E-state index < -0.39 is 6.61 Å². The lowest BCUT2D eigenvalue weighted by Crippen LogP contribution is -2.09. The van der Waals surface area contributed by atoms with E-state index in [1.807, 2.05) is 6.07 Å².